The quantitative estimate of drug-likeness (QED) is 0.692. The molecule has 0 unspecified atom stereocenters. The van der Waals surface area contributed by atoms with Crippen LogP contribution in [0, 0.1) is 6.92 Å². The van der Waals surface area contributed by atoms with E-state index >= 15 is 0 Å². The first-order valence-corrected chi connectivity index (χ1v) is 7.55. The number of aryl methyl sites for hydroxylation is 1. The van der Waals surface area contributed by atoms with Gasteiger partial charge in [-0.1, -0.05) is 0 Å². The second-order valence-electron chi connectivity index (χ2n) is 7.87. The van der Waals surface area contributed by atoms with E-state index in [0.29, 0.717) is 5.82 Å². The summed E-state index contributed by atoms with van der Waals surface area (Å²) in [7, 11) is 0. The van der Waals surface area contributed by atoms with E-state index in [9.17, 15) is 0 Å². The van der Waals surface area contributed by atoms with Gasteiger partial charge in [-0.2, -0.15) is 10.2 Å². The molecule has 3 rings (SSSR count). The van der Waals surface area contributed by atoms with Gasteiger partial charge in [-0.15, -0.1) is 0 Å². The average Bonchev–Trinajstić information content (AvgIpc) is 2.86. The molecule has 0 spiro atoms. The number of hydrogen-bond donors (Lipinski definition) is 1. The number of nitrogen functional groups attached to an aromatic ring is 1. The van der Waals surface area contributed by atoms with Crippen LogP contribution in [0.5, 0.6) is 0 Å². The SMILES string of the molecule is Cc1nn(C(C)(C)C)c2nc3c(cc12)c(N)nn3C(C)(C)C. The number of fused-ring (bicyclic) bond motifs is 2. The van der Waals surface area contributed by atoms with Crippen molar-refractivity contribution in [2.45, 2.75) is 59.5 Å². The van der Waals surface area contributed by atoms with Crippen molar-refractivity contribution in [1.82, 2.24) is 24.5 Å². The first-order valence-electron chi connectivity index (χ1n) is 7.55. The van der Waals surface area contributed by atoms with Gasteiger partial charge in [-0.3, -0.25) is 0 Å². The molecule has 0 amide bonds. The molecule has 0 atom stereocenters. The molecule has 0 aliphatic carbocycles. The lowest BCUT2D eigenvalue weighted by Crippen LogP contribution is -2.25. The van der Waals surface area contributed by atoms with E-state index < -0.39 is 0 Å². The van der Waals surface area contributed by atoms with Crippen LogP contribution in [0.4, 0.5) is 5.82 Å². The summed E-state index contributed by atoms with van der Waals surface area (Å²) in [6.45, 7) is 14.7. The van der Waals surface area contributed by atoms with Gasteiger partial charge >= 0.3 is 0 Å². The Bertz CT molecular complexity index is 800. The highest BCUT2D eigenvalue weighted by molar-refractivity contribution is 5.96. The first-order chi connectivity index (χ1) is 10.00. The van der Waals surface area contributed by atoms with Gasteiger partial charge in [0.2, 0.25) is 0 Å². The molecule has 6 heteroatoms. The Hall–Kier alpha value is -2.11. The van der Waals surface area contributed by atoms with Crippen LogP contribution in [0.3, 0.4) is 0 Å². The second kappa shape index (κ2) is 4.21. The fourth-order valence-electron chi connectivity index (χ4n) is 2.67. The van der Waals surface area contributed by atoms with E-state index in [1.807, 2.05) is 16.3 Å². The topological polar surface area (TPSA) is 74.6 Å². The molecule has 0 aliphatic rings. The molecule has 0 aromatic carbocycles. The van der Waals surface area contributed by atoms with Gasteiger partial charge in [0, 0.05) is 5.39 Å². The van der Waals surface area contributed by atoms with E-state index in [2.05, 4.69) is 57.8 Å². The monoisotopic (exact) mass is 300 g/mol. The van der Waals surface area contributed by atoms with Crippen molar-refractivity contribution in [3.8, 4) is 0 Å². The Labute approximate surface area is 130 Å². The fourth-order valence-corrected chi connectivity index (χ4v) is 2.67. The van der Waals surface area contributed by atoms with Gasteiger partial charge in [-0.25, -0.2) is 14.3 Å². The maximum atomic E-state index is 6.11. The molecular weight excluding hydrogens is 276 g/mol. The van der Waals surface area contributed by atoms with E-state index in [1.54, 1.807) is 0 Å². The average molecular weight is 300 g/mol. The molecule has 0 saturated carbocycles. The van der Waals surface area contributed by atoms with Crippen molar-refractivity contribution in [2.24, 2.45) is 0 Å². The second-order valence-corrected chi connectivity index (χ2v) is 7.87. The van der Waals surface area contributed by atoms with Crippen molar-refractivity contribution >= 4 is 27.9 Å². The lowest BCUT2D eigenvalue weighted by atomic mass is 10.1. The third-order valence-corrected chi connectivity index (χ3v) is 3.78. The molecule has 0 aliphatic heterocycles. The van der Waals surface area contributed by atoms with Crippen LogP contribution in [0.2, 0.25) is 0 Å². The molecule has 3 aromatic heterocycles. The van der Waals surface area contributed by atoms with Crippen molar-refractivity contribution < 1.29 is 0 Å². The van der Waals surface area contributed by atoms with Gasteiger partial charge in [0.05, 0.1) is 22.2 Å². The van der Waals surface area contributed by atoms with Crippen LogP contribution in [-0.4, -0.2) is 24.5 Å². The maximum absolute atomic E-state index is 6.11. The first kappa shape index (κ1) is 14.8. The summed E-state index contributed by atoms with van der Waals surface area (Å²) >= 11 is 0. The summed E-state index contributed by atoms with van der Waals surface area (Å²) in [5.41, 5.74) is 8.44. The normalized spacial score (nSPS) is 13.4. The van der Waals surface area contributed by atoms with Crippen molar-refractivity contribution in [3.63, 3.8) is 0 Å². The Morgan fingerprint density at radius 3 is 1.91 bits per heavy atom. The van der Waals surface area contributed by atoms with Crippen LogP contribution in [0.25, 0.3) is 22.1 Å². The van der Waals surface area contributed by atoms with E-state index in [1.165, 1.54) is 0 Å². The minimum absolute atomic E-state index is 0.134. The number of hydrogen-bond acceptors (Lipinski definition) is 4. The van der Waals surface area contributed by atoms with Crippen LogP contribution in [0.15, 0.2) is 6.07 Å². The smallest absolute Gasteiger partial charge is 0.163 e. The Kier molecular flexibility index (Phi) is 2.84. The Morgan fingerprint density at radius 1 is 0.864 bits per heavy atom. The zero-order valence-electron chi connectivity index (χ0n) is 14.4. The highest BCUT2D eigenvalue weighted by Crippen LogP contribution is 2.31. The summed E-state index contributed by atoms with van der Waals surface area (Å²) in [5, 5.41) is 11.1. The summed E-state index contributed by atoms with van der Waals surface area (Å²) in [6.07, 6.45) is 0. The van der Waals surface area contributed by atoms with Crippen LogP contribution in [-0.2, 0) is 11.1 Å². The Morgan fingerprint density at radius 2 is 1.36 bits per heavy atom. The molecule has 3 heterocycles. The van der Waals surface area contributed by atoms with Crippen molar-refractivity contribution in [1.29, 1.82) is 0 Å². The molecule has 6 nitrogen and oxygen atoms in total. The van der Waals surface area contributed by atoms with Crippen LogP contribution in [0.1, 0.15) is 47.2 Å². The van der Waals surface area contributed by atoms with Gasteiger partial charge in [0.25, 0.3) is 0 Å². The molecule has 118 valence electrons. The maximum Gasteiger partial charge on any atom is 0.163 e. The fraction of sp³-hybridized carbons (Fsp3) is 0.562. The van der Waals surface area contributed by atoms with E-state index in [0.717, 1.165) is 27.8 Å². The minimum atomic E-state index is -0.182. The number of nitrogens with two attached hydrogens (primary N) is 1. The molecule has 0 bridgehead atoms. The Balaban J connectivity index is 2.46. The van der Waals surface area contributed by atoms with E-state index in [4.69, 9.17) is 10.7 Å². The zero-order valence-corrected chi connectivity index (χ0v) is 14.4. The zero-order chi connectivity index (χ0) is 16.4. The number of nitrogens with zero attached hydrogens (tertiary/aromatic N) is 5. The molecular formula is C16H24N6. The molecule has 22 heavy (non-hydrogen) atoms. The summed E-state index contributed by atoms with van der Waals surface area (Å²) in [4.78, 5) is 4.87. The third kappa shape index (κ3) is 2.05. The van der Waals surface area contributed by atoms with Crippen LogP contribution < -0.4 is 5.73 Å². The molecule has 0 saturated heterocycles. The number of pyridine rings is 1. The third-order valence-electron chi connectivity index (χ3n) is 3.78. The molecule has 2 N–H and O–H groups in total. The number of rotatable bonds is 0. The summed E-state index contributed by atoms with van der Waals surface area (Å²) < 4.78 is 3.87. The highest BCUT2D eigenvalue weighted by Gasteiger charge is 2.25. The van der Waals surface area contributed by atoms with Gasteiger partial charge < -0.3 is 5.73 Å². The van der Waals surface area contributed by atoms with Gasteiger partial charge in [0.1, 0.15) is 0 Å². The number of aromatic nitrogens is 5. The summed E-state index contributed by atoms with van der Waals surface area (Å²) in [5.74, 6) is 0.516. The largest absolute Gasteiger partial charge is 0.382 e. The molecule has 0 radical (unpaired) electrons. The van der Waals surface area contributed by atoms with E-state index in [-0.39, 0.29) is 11.1 Å². The molecule has 0 fully saturated rings. The lowest BCUT2D eigenvalue weighted by molar-refractivity contribution is 0.361. The predicted octanol–water partition coefficient (Wildman–Crippen LogP) is 3.18. The molecule has 3 aromatic rings. The van der Waals surface area contributed by atoms with Gasteiger partial charge in [0.15, 0.2) is 17.1 Å². The predicted molar refractivity (Wildman–Crippen MR) is 90.0 cm³/mol. The number of anilines is 1. The van der Waals surface area contributed by atoms with Crippen molar-refractivity contribution in [3.05, 3.63) is 11.8 Å². The lowest BCUT2D eigenvalue weighted by Gasteiger charge is -2.21. The van der Waals surface area contributed by atoms with Crippen LogP contribution >= 0.6 is 0 Å². The minimum Gasteiger partial charge on any atom is -0.382 e. The summed E-state index contributed by atoms with van der Waals surface area (Å²) in [6, 6.07) is 2.06. The standard InChI is InChI=1S/C16H24N6/c1-9-10-8-11-12(17)20-22(16(5,6)7)14(11)18-13(10)21(19-9)15(2,3)4/h8H,1-7H3,(H2,17,20). The highest BCUT2D eigenvalue weighted by atomic mass is 15.4. The van der Waals surface area contributed by atoms with Crippen molar-refractivity contribution in [2.75, 3.05) is 5.73 Å². The van der Waals surface area contributed by atoms with Gasteiger partial charge in [-0.05, 0) is 54.5 Å².